The normalized spacial score (nSPS) is 10.4. The Morgan fingerprint density at radius 1 is 1.40 bits per heavy atom. The highest BCUT2D eigenvalue weighted by molar-refractivity contribution is 7.80. The van der Waals surface area contributed by atoms with Crippen molar-refractivity contribution < 1.29 is 17.2 Å². The Balaban J connectivity index is 4.22. The van der Waals surface area contributed by atoms with Crippen LogP contribution in [0.4, 0.5) is 0 Å². The fourth-order valence-electron chi connectivity index (χ4n) is 0.194. The summed E-state index contributed by atoms with van der Waals surface area (Å²) in [5.41, 5.74) is 0. The van der Waals surface area contributed by atoms with Gasteiger partial charge in [-0.05, 0) is 0 Å². The molecule has 0 heterocycles. The minimum atomic E-state index is -4.69. The second-order valence-electron chi connectivity index (χ2n) is 1.16. The number of nitriles is 2. The molecule has 54 valence electrons. The van der Waals surface area contributed by atoms with Gasteiger partial charge >= 0.3 is 10.4 Å². The smallest absolute Gasteiger partial charge is 0.263 e. The molecular weight excluding hydrogens is 160 g/mol. The summed E-state index contributed by atoms with van der Waals surface area (Å²) in [4.78, 5) is 0. The highest BCUT2D eigenvalue weighted by atomic mass is 32.3. The molecule has 0 aliphatic rings. The fourth-order valence-corrected chi connectivity index (χ4v) is 0.523. The largest absolute Gasteiger partial charge is 0.399 e. The van der Waals surface area contributed by atoms with Crippen LogP contribution in [0, 0.1) is 22.7 Å². The molecule has 0 saturated heterocycles. The molecule has 0 spiro atoms. The molecule has 0 radical (unpaired) electrons. The third-order valence-corrected chi connectivity index (χ3v) is 0.888. The molecule has 0 unspecified atom stereocenters. The monoisotopic (exact) mass is 162 g/mol. The van der Waals surface area contributed by atoms with Crippen molar-refractivity contribution in [2.24, 2.45) is 0 Å². The van der Waals surface area contributed by atoms with Crippen LogP contribution >= 0.6 is 0 Å². The Morgan fingerprint density at radius 2 is 1.80 bits per heavy atom. The summed E-state index contributed by atoms with van der Waals surface area (Å²) >= 11 is 0. The predicted octanol–water partition coefficient (Wildman–Crippen LogP) is -0.778. The summed E-state index contributed by atoms with van der Waals surface area (Å²) in [6, 6.07) is 2.37. The van der Waals surface area contributed by atoms with Gasteiger partial charge in [-0.2, -0.15) is 18.9 Å². The first kappa shape index (κ1) is 8.85. The summed E-state index contributed by atoms with van der Waals surface area (Å²) in [7, 11) is -4.69. The van der Waals surface area contributed by atoms with Crippen molar-refractivity contribution in [1.82, 2.24) is 0 Å². The van der Waals surface area contributed by atoms with Gasteiger partial charge < -0.3 is 0 Å². The van der Waals surface area contributed by atoms with E-state index in [-0.39, 0.29) is 0 Å². The van der Waals surface area contributed by atoms with Crippen LogP contribution in [0.15, 0.2) is 0 Å². The van der Waals surface area contributed by atoms with Crippen LogP contribution in [-0.2, 0) is 14.6 Å². The number of hydrogen-bond donors (Lipinski definition) is 1. The van der Waals surface area contributed by atoms with Crippen LogP contribution in [0.3, 0.4) is 0 Å². The zero-order chi connectivity index (χ0) is 8.20. The second-order valence-corrected chi connectivity index (χ2v) is 2.21. The lowest BCUT2D eigenvalue weighted by atomic mass is 10.5. The van der Waals surface area contributed by atoms with Gasteiger partial charge in [0.1, 0.15) is 12.1 Å². The van der Waals surface area contributed by atoms with Crippen LogP contribution in [0.2, 0.25) is 0 Å². The van der Waals surface area contributed by atoms with E-state index in [0.717, 1.165) is 0 Å². The lowest BCUT2D eigenvalue weighted by Gasteiger charge is -1.94. The van der Waals surface area contributed by atoms with Crippen molar-refractivity contribution in [3.8, 4) is 12.1 Å². The van der Waals surface area contributed by atoms with Crippen molar-refractivity contribution in [1.29, 1.82) is 10.5 Å². The van der Waals surface area contributed by atoms with Gasteiger partial charge in [0.2, 0.25) is 0 Å². The molecule has 6 nitrogen and oxygen atoms in total. The molecule has 0 aromatic heterocycles. The molecule has 0 saturated carbocycles. The van der Waals surface area contributed by atoms with Crippen molar-refractivity contribution in [2.75, 3.05) is 0 Å². The lowest BCUT2D eigenvalue weighted by Crippen LogP contribution is -2.13. The zero-order valence-electron chi connectivity index (χ0n) is 4.55. The number of hydrogen-bond acceptors (Lipinski definition) is 5. The number of rotatable bonds is 2. The third kappa shape index (κ3) is 3.80. The zero-order valence-corrected chi connectivity index (χ0v) is 5.37. The first-order valence-corrected chi connectivity index (χ1v) is 3.31. The standard InChI is InChI=1S/C3H2N2O4S/c4-1-3(2-5)9-10(6,7)8/h3H,(H,6,7,8). The molecule has 10 heavy (non-hydrogen) atoms. The molecule has 0 bridgehead atoms. The second kappa shape index (κ2) is 3.13. The van der Waals surface area contributed by atoms with Crippen LogP contribution in [0.25, 0.3) is 0 Å². The van der Waals surface area contributed by atoms with E-state index >= 15 is 0 Å². The molecule has 1 N–H and O–H groups in total. The molecule has 0 aliphatic carbocycles. The summed E-state index contributed by atoms with van der Waals surface area (Å²) < 4.78 is 31.0. The van der Waals surface area contributed by atoms with Crippen LogP contribution in [-0.4, -0.2) is 19.1 Å². The maximum absolute atomic E-state index is 9.79. The van der Waals surface area contributed by atoms with Crippen molar-refractivity contribution in [2.45, 2.75) is 6.10 Å². The van der Waals surface area contributed by atoms with Crippen LogP contribution < -0.4 is 0 Å². The maximum atomic E-state index is 9.79. The van der Waals surface area contributed by atoms with Crippen LogP contribution in [0.5, 0.6) is 0 Å². The highest BCUT2D eigenvalue weighted by Crippen LogP contribution is 1.93. The molecule has 7 heteroatoms. The molecule has 0 aromatic rings. The van der Waals surface area contributed by atoms with Gasteiger partial charge in [0.15, 0.2) is 0 Å². The molecular formula is C3H2N2O4S. The van der Waals surface area contributed by atoms with Gasteiger partial charge in [-0.3, -0.25) is 4.55 Å². The predicted molar refractivity (Wildman–Crippen MR) is 27.6 cm³/mol. The number of nitrogens with zero attached hydrogens (tertiary/aromatic N) is 2. The SMILES string of the molecule is N#CC(C#N)OS(=O)(=O)O. The van der Waals surface area contributed by atoms with Crippen molar-refractivity contribution >= 4 is 10.4 Å². The lowest BCUT2D eigenvalue weighted by molar-refractivity contribution is 0.262. The Bertz CT molecular complexity index is 267. The third-order valence-electron chi connectivity index (χ3n) is 0.452. The first-order chi connectivity index (χ1) is 4.49. The Morgan fingerprint density at radius 3 is 1.90 bits per heavy atom. The van der Waals surface area contributed by atoms with Gasteiger partial charge in [0.25, 0.3) is 6.10 Å². The topological polar surface area (TPSA) is 111 Å². The van der Waals surface area contributed by atoms with Gasteiger partial charge in [-0.15, -0.1) is 0 Å². The van der Waals surface area contributed by atoms with Gasteiger partial charge in [-0.1, -0.05) is 0 Å². The quantitative estimate of drug-likeness (QED) is 0.533. The summed E-state index contributed by atoms with van der Waals surface area (Å²) in [6.07, 6.45) is -1.78. The van der Waals surface area contributed by atoms with E-state index in [1.54, 1.807) is 0 Å². The van der Waals surface area contributed by atoms with Crippen molar-refractivity contribution in [3.05, 3.63) is 0 Å². The average molecular weight is 162 g/mol. The molecule has 0 fully saturated rings. The Kier molecular flexibility index (Phi) is 2.77. The molecule has 0 aliphatic heterocycles. The van der Waals surface area contributed by atoms with E-state index in [9.17, 15) is 8.42 Å². The minimum absolute atomic E-state index is 1.19. The Labute approximate surface area is 57.2 Å². The van der Waals surface area contributed by atoms with E-state index in [0.29, 0.717) is 0 Å². The minimum Gasteiger partial charge on any atom is -0.263 e. The van der Waals surface area contributed by atoms with Crippen molar-refractivity contribution in [3.63, 3.8) is 0 Å². The van der Waals surface area contributed by atoms with Crippen LogP contribution in [0.1, 0.15) is 0 Å². The van der Waals surface area contributed by atoms with Gasteiger partial charge in [-0.25, -0.2) is 4.18 Å². The van der Waals surface area contributed by atoms with E-state index in [2.05, 4.69) is 4.18 Å². The Hall–Kier alpha value is -1.15. The molecule has 0 amide bonds. The van der Waals surface area contributed by atoms with E-state index in [4.69, 9.17) is 15.1 Å². The summed E-state index contributed by atoms with van der Waals surface area (Å²) in [5.74, 6) is 0. The van der Waals surface area contributed by atoms with Gasteiger partial charge in [0, 0.05) is 0 Å². The maximum Gasteiger partial charge on any atom is 0.399 e. The first-order valence-electron chi connectivity index (χ1n) is 1.94. The molecule has 0 atom stereocenters. The highest BCUT2D eigenvalue weighted by Gasteiger charge is 2.14. The molecule has 0 rings (SSSR count). The summed E-state index contributed by atoms with van der Waals surface area (Å²) in [5, 5.41) is 15.8. The fraction of sp³-hybridized carbons (Fsp3) is 0.333. The van der Waals surface area contributed by atoms with E-state index in [1.165, 1.54) is 12.1 Å². The van der Waals surface area contributed by atoms with E-state index < -0.39 is 16.5 Å². The summed E-state index contributed by atoms with van der Waals surface area (Å²) in [6.45, 7) is 0. The average Bonchev–Trinajstić information content (AvgIpc) is 1.81. The van der Waals surface area contributed by atoms with E-state index in [1.807, 2.05) is 0 Å². The van der Waals surface area contributed by atoms with Gasteiger partial charge in [0.05, 0.1) is 0 Å². The molecule has 0 aromatic carbocycles.